The van der Waals surface area contributed by atoms with Crippen molar-refractivity contribution in [1.82, 2.24) is 10.2 Å². The van der Waals surface area contributed by atoms with Crippen molar-refractivity contribution in [3.05, 3.63) is 59.2 Å². The maximum Gasteiger partial charge on any atom is 0.326 e. The zero-order valence-electron chi connectivity index (χ0n) is 36.3. The van der Waals surface area contributed by atoms with Crippen LogP contribution < -0.4 is 5.32 Å². The molecule has 4 rings (SSSR count). The molecule has 1 heterocycles. The number of hydrogen-bond acceptors (Lipinski definition) is 9. The standard InChI is InChI=1S/C33H46N2O5S2.C6H12O2S.C6H14O/c1-23-9-7-8-12-28(23)30-20-25(13-16-29(30)32(36)34-31(33(37)38)17-18-42(3,39)40)21-35-26(14-15-27(35)22-41-2)19-24-10-5-4-6-11-24;1-5(6(7)8)3-4-9-2;1-4-6(2)5-7-3/h7-9,12-13,16,20,24,26-27,31H,4-6,10-11,14-15,17-19,21-22H2,1-3H3,(H,34,36)(H,37,38);5H,3-4H2,1-2H3,(H,7,8);6H,4-5H2,1-3H3/t26-,27+,31?;;6-/m0.1/s1. The number of thioether (sulfide) groups is 2. The Hall–Kier alpha value is -2.58. The number of aryl methyl sites for hydroxylation is 1. The molecule has 0 radical (unpaired) electrons. The van der Waals surface area contributed by atoms with E-state index >= 15 is 0 Å². The Kier molecular flexibility index (Phi) is 24.3. The second kappa shape index (κ2) is 27.3. The molecule has 10 nitrogen and oxygen atoms in total. The van der Waals surface area contributed by atoms with E-state index in [2.05, 4.69) is 36.4 Å². The lowest BCUT2D eigenvalue weighted by molar-refractivity contribution is -0.141. The number of amides is 1. The Morgan fingerprint density at radius 2 is 1.59 bits per heavy atom. The molecule has 1 saturated heterocycles. The number of carbonyl (C=O) groups is 3. The molecule has 2 aliphatic rings. The molecule has 58 heavy (non-hydrogen) atoms. The summed E-state index contributed by atoms with van der Waals surface area (Å²) in [5.41, 5.74) is 4.23. The van der Waals surface area contributed by atoms with Crippen LogP contribution in [0.15, 0.2) is 42.5 Å². The predicted octanol–water partition coefficient (Wildman–Crippen LogP) is 9.09. The number of sulfone groups is 1. The normalized spacial score (nSPS) is 18.8. The summed E-state index contributed by atoms with van der Waals surface area (Å²) in [7, 11) is -1.63. The van der Waals surface area contributed by atoms with Crippen LogP contribution in [0.25, 0.3) is 11.1 Å². The van der Waals surface area contributed by atoms with Crippen LogP contribution >= 0.6 is 23.5 Å². The molecule has 3 N–H and O–H groups in total. The molecule has 2 aromatic rings. The van der Waals surface area contributed by atoms with Crippen molar-refractivity contribution in [2.75, 3.05) is 49.7 Å². The van der Waals surface area contributed by atoms with Crippen LogP contribution in [0.5, 0.6) is 0 Å². The van der Waals surface area contributed by atoms with E-state index < -0.39 is 33.7 Å². The molecule has 2 aromatic carbocycles. The second-order valence-corrected chi connectivity index (χ2v) is 20.4. The van der Waals surface area contributed by atoms with Gasteiger partial charge in [0, 0.05) is 49.9 Å². The monoisotopic (exact) mass is 864 g/mol. The van der Waals surface area contributed by atoms with Gasteiger partial charge < -0.3 is 20.3 Å². The molecule has 1 amide bonds. The summed E-state index contributed by atoms with van der Waals surface area (Å²) >= 11 is 3.59. The third-order valence-electron chi connectivity index (χ3n) is 11.3. The Balaban J connectivity index is 0.000000608. The van der Waals surface area contributed by atoms with Gasteiger partial charge in [0.1, 0.15) is 15.9 Å². The molecule has 1 aliphatic heterocycles. The lowest BCUT2D eigenvalue weighted by Crippen LogP contribution is -2.42. The molecule has 0 bridgehead atoms. The van der Waals surface area contributed by atoms with E-state index in [9.17, 15) is 27.9 Å². The molecule has 0 spiro atoms. The summed E-state index contributed by atoms with van der Waals surface area (Å²) in [4.78, 5) is 38.3. The number of methoxy groups -OCH3 is 1. The minimum Gasteiger partial charge on any atom is -0.481 e. The van der Waals surface area contributed by atoms with Crippen molar-refractivity contribution in [2.24, 2.45) is 17.8 Å². The van der Waals surface area contributed by atoms with E-state index in [0.717, 1.165) is 71.4 Å². The Bertz CT molecular complexity index is 1650. The summed E-state index contributed by atoms with van der Waals surface area (Å²) in [6.45, 7) is 9.81. The first-order chi connectivity index (χ1) is 27.5. The largest absolute Gasteiger partial charge is 0.481 e. The van der Waals surface area contributed by atoms with Crippen molar-refractivity contribution in [3.8, 4) is 11.1 Å². The van der Waals surface area contributed by atoms with Gasteiger partial charge in [-0.3, -0.25) is 14.5 Å². The zero-order chi connectivity index (χ0) is 43.3. The number of ether oxygens (including phenoxy) is 1. The maximum atomic E-state index is 13.5. The summed E-state index contributed by atoms with van der Waals surface area (Å²) in [5.74, 6) is 0.632. The molecular formula is C45H72N2O8S3. The fourth-order valence-electron chi connectivity index (χ4n) is 7.55. The van der Waals surface area contributed by atoms with Gasteiger partial charge in [0.2, 0.25) is 0 Å². The first-order valence-corrected chi connectivity index (χ1v) is 25.7. The van der Waals surface area contributed by atoms with Gasteiger partial charge in [-0.15, -0.1) is 0 Å². The van der Waals surface area contributed by atoms with Crippen LogP contribution in [0.2, 0.25) is 0 Å². The number of carboxylic acids is 2. The number of benzene rings is 2. The van der Waals surface area contributed by atoms with E-state index in [-0.39, 0.29) is 18.1 Å². The van der Waals surface area contributed by atoms with Gasteiger partial charge in [-0.25, -0.2) is 13.2 Å². The van der Waals surface area contributed by atoms with Gasteiger partial charge in [0.15, 0.2) is 0 Å². The van der Waals surface area contributed by atoms with Gasteiger partial charge in [-0.05, 0) is 104 Å². The predicted molar refractivity (Wildman–Crippen MR) is 243 cm³/mol. The minimum absolute atomic E-state index is 0.183. The quantitative estimate of drug-likeness (QED) is 0.117. The van der Waals surface area contributed by atoms with E-state index in [4.69, 9.17) is 9.84 Å². The van der Waals surface area contributed by atoms with Gasteiger partial charge >= 0.3 is 11.9 Å². The maximum absolute atomic E-state index is 13.5. The number of aliphatic carboxylic acids is 2. The van der Waals surface area contributed by atoms with Crippen molar-refractivity contribution < 1.29 is 37.8 Å². The van der Waals surface area contributed by atoms with Gasteiger partial charge in [0.25, 0.3) is 5.91 Å². The highest BCUT2D eigenvalue weighted by Gasteiger charge is 2.35. The number of hydrogen-bond donors (Lipinski definition) is 3. The average Bonchev–Trinajstić information content (AvgIpc) is 3.55. The van der Waals surface area contributed by atoms with E-state index in [1.807, 2.05) is 55.3 Å². The number of nitrogens with zero attached hydrogens (tertiary/aromatic N) is 1. The fraction of sp³-hybridized carbons (Fsp3) is 0.667. The molecule has 1 saturated carbocycles. The van der Waals surface area contributed by atoms with Crippen LogP contribution in [0.3, 0.4) is 0 Å². The Morgan fingerprint density at radius 1 is 0.914 bits per heavy atom. The number of carboxylic acid groups (broad SMARTS) is 2. The van der Waals surface area contributed by atoms with Crippen LogP contribution in [0.4, 0.5) is 0 Å². The molecule has 0 aromatic heterocycles. The van der Waals surface area contributed by atoms with Crippen LogP contribution in [-0.2, 0) is 30.7 Å². The average molecular weight is 865 g/mol. The van der Waals surface area contributed by atoms with Crippen molar-refractivity contribution in [1.29, 1.82) is 0 Å². The molecule has 2 unspecified atom stereocenters. The van der Waals surface area contributed by atoms with E-state index in [1.165, 1.54) is 57.8 Å². The van der Waals surface area contributed by atoms with E-state index in [0.29, 0.717) is 17.6 Å². The van der Waals surface area contributed by atoms with Crippen molar-refractivity contribution in [3.63, 3.8) is 0 Å². The smallest absolute Gasteiger partial charge is 0.326 e. The summed E-state index contributed by atoms with van der Waals surface area (Å²) in [6, 6.07) is 13.6. The molecule has 5 atom stereocenters. The lowest BCUT2D eigenvalue weighted by atomic mass is 9.84. The van der Waals surface area contributed by atoms with Gasteiger partial charge in [-0.2, -0.15) is 23.5 Å². The summed E-state index contributed by atoms with van der Waals surface area (Å²) in [6.07, 6.45) is 17.5. The lowest BCUT2D eigenvalue weighted by Gasteiger charge is -2.33. The molecule has 1 aliphatic carbocycles. The summed E-state index contributed by atoms with van der Waals surface area (Å²) in [5, 5.41) is 20.7. The molecule has 328 valence electrons. The topological polar surface area (TPSA) is 150 Å². The van der Waals surface area contributed by atoms with E-state index in [1.54, 1.807) is 31.9 Å². The van der Waals surface area contributed by atoms with Crippen LogP contribution in [-0.4, -0.2) is 109 Å². The van der Waals surface area contributed by atoms with Gasteiger partial charge in [0.05, 0.1) is 11.7 Å². The fourth-order valence-corrected chi connectivity index (χ4v) is 9.54. The number of nitrogens with one attached hydrogen (secondary N) is 1. The molecule has 13 heteroatoms. The highest BCUT2D eigenvalue weighted by Crippen LogP contribution is 2.37. The Labute approximate surface area is 358 Å². The summed E-state index contributed by atoms with van der Waals surface area (Å²) < 4.78 is 28.2. The number of likely N-dealkylation sites (tertiary alicyclic amines) is 1. The highest BCUT2D eigenvalue weighted by molar-refractivity contribution is 7.98. The zero-order valence-corrected chi connectivity index (χ0v) is 38.8. The van der Waals surface area contributed by atoms with Gasteiger partial charge in [-0.1, -0.05) is 89.6 Å². The number of rotatable bonds is 20. The second-order valence-electron chi connectivity index (χ2n) is 16.2. The number of carbonyl (C=O) groups excluding carboxylic acids is 1. The van der Waals surface area contributed by atoms with Crippen LogP contribution in [0.1, 0.15) is 113 Å². The minimum atomic E-state index is -3.37. The first kappa shape index (κ1) is 51.6. The SMILES string of the molecule is CC[C@@H](C)COC.CSCCC(C)C(=O)O.CSC[C@H]1CC[C@@H](CC2CCCCC2)N1Cc1ccc(C(=O)NC(CCS(C)(=O)=O)C(=O)O)c(-c2ccccc2C)c1. The first-order valence-electron chi connectivity index (χ1n) is 20.9. The van der Waals surface area contributed by atoms with Crippen molar-refractivity contribution in [2.45, 2.75) is 123 Å². The third kappa shape index (κ3) is 18.8. The molecule has 2 fully saturated rings. The van der Waals surface area contributed by atoms with Crippen LogP contribution in [0, 0.1) is 24.7 Å². The third-order valence-corrected chi connectivity index (χ3v) is 13.6. The van der Waals surface area contributed by atoms with Crippen molar-refractivity contribution >= 4 is 51.2 Å². The molecular weight excluding hydrogens is 793 g/mol. The highest BCUT2D eigenvalue weighted by atomic mass is 32.2. The Morgan fingerprint density at radius 3 is 2.14 bits per heavy atom.